The number of anilines is 2. The summed E-state index contributed by atoms with van der Waals surface area (Å²) in [6, 6.07) is 4.36. The molecule has 0 bridgehead atoms. The summed E-state index contributed by atoms with van der Waals surface area (Å²) in [5, 5.41) is 31.2. The molecule has 0 radical (unpaired) electrons. The molecule has 28 heavy (non-hydrogen) atoms. The number of benzene rings is 2. The van der Waals surface area contributed by atoms with Gasteiger partial charge in [0.2, 0.25) is 0 Å². The lowest BCUT2D eigenvalue weighted by Gasteiger charge is -2.06. The highest BCUT2D eigenvalue weighted by Crippen LogP contribution is 2.34. The molecule has 0 amide bonds. The number of rotatable bonds is 3. The second-order valence-electron chi connectivity index (χ2n) is 5.26. The molecule has 0 atom stereocenters. The van der Waals surface area contributed by atoms with Gasteiger partial charge in [0.05, 0.1) is 20.3 Å². The summed E-state index contributed by atoms with van der Waals surface area (Å²) in [5.41, 5.74) is 7.44. The van der Waals surface area contributed by atoms with Gasteiger partial charge in [0, 0.05) is 18.2 Å². The lowest BCUT2D eigenvalue weighted by molar-refractivity contribution is -0.392. The minimum atomic E-state index is -4.60. The van der Waals surface area contributed by atoms with Gasteiger partial charge in [0.25, 0.3) is 17.1 Å². The van der Waals surface area contributed by atoms with Gasteiger partial charge in [-0.15, -0.1) is 0 Å². The van der Waals surface area contributed by atoms with Gasteiger partial charge in [0.15, 0.2) is 5.69 Å². The summed E-state index contributed by atoms with van der Waals surface area (Å²) in [6.07, 6.45) is -4.60. The van der Waals surface area contributed by atoms with Crippen molar-refractivity contribution >= 4 is 28.4 Å². The van der Waals surface area contributed by atoms with Crippen molar-refractivity contribution in [2.45, 2.75) is 13.1 Å². The number of aryl methyl sites for hydroxylation is 1. The van der Waals surface area contributed by atoms with E-state index in [1.54, 1.807) is 0 Å². The molecular formula is C14H12F3N5O6. The van der Waals surface area contributed by atoms with E-state index in [2.05, 4.69) is 0 Å². The molecule has 0 fully saturated rings. The maximum atomic E-state index is 12.1. The number of hydrogen-bond acceptors (Lipinski definition) is 8. The summed E-state index contributed by atoms with van der Waals surface area (Å²) < 4.78 is 36.3. The number of halogens is 3. The van der Waals surface area contributed by atoms with Crippen LogP contribution in [0.1, 0.15) is 11.1 Å². The first kappa shape index (κ1) is 22.1. The molecule has 2 aromatic rings. The molecule has 11 nitrogen and oxygen atoms in total. The molecule has 0 aromatic heterocycles. The number of alkyl halides is 3. The molecule has 14 heteroatoms. The number of hydrogen-bond donors (Lipinski definition) is 2. The van der Waals surface area contributed by atoms with Gasteiger partial charge < -0.3 is 11.5 Å². The second-order valence-corrected chi connectivity index (χ2v) is 5.26. The molecule has 0 saturated carbocycles. The van der Waals surface area contributed by atoms with Crippen LogP contribution in [0, 0.1) is 37.3 Å². The smallest absolute Gasteiger partial charge is 0.393 e. The minimum Gasteiger partial charge on any atom is -0.393 e. The summed E-state index contributed by atoms with van der Waals surface area (Å²) in [6.45, 7) is 1.53. The Morgan fingerprint density at radius 2 is 1.25 bits per heavy atom. The van der Waals surface area contributed by atoms with Crippen LogP contribution < -0.4 is 11.5 Å². The topological polar surface area (TPSA) is 181 Å². The molecule has 0 spiro atoms. The maximum absolute atomic E-state index is 12.1. The molecule has 4 N–H and O–H groups in total. The van der Waals surface area contributed by atoms with E-state index >= 15 is 0 Å². The van der Waals surface area contributed by atoms with Gasteiger partial charge in [0.1, 0.15) is 5.69 Å². The molecule has 0 heterocycles. The zero-order valence-electron chi connectivity index (χ0n) is 14.0. The Kier molecular flexibility index (Phi) is 6.43. The van der Waals surface area contributed by atoms with E-state index in [-0.39, 0.29) is 5.69 Å². The summed E-state index contributed by atoms with van der Waals surface area (Å²) in [5.74, 6) is 0. The van der Waals surface area contributed by atoms with Gasteiger partial charge >= 0.3 is 6.18 Å². The summed E-state index contributed by atoms with van der Waals surface area (Å²) in [4.78, 5) is 28.7. The predicted molar refractivity (Wildman–Crippen MR) is 91.4 cm³/mol. The van der Waals surface area contributed by atoms with Crippen LogP contribution in [0.25, 0.3) is 0 Å². The van der Waals surface area contributed by atoms with Crippen LogP contribution in [-0.4, -0.2) is 14.8 Å². The molecule has 0 saturated heterocycles. The van der Waals surface area contributed by atoms with Crippen molar-refractivity contribution in [3.05, 3.63) is 71.8 Å². The normalized spacial score (nSPS) is 10.6. The third kappa shape index (κ3) is 5.26. The Morgan fingerprint density at radius 1 is 0.821 bits per heavy atom. The molecule has 0 aliphatic heterocycles. The van der Waals surface area contributed by atoms with E-state index in [0.717, 1.165) is 6.07 Å². The molecule has 0 unspecified atom stereocenters. The van der Waals surface area contributed by atoms with Crippen molar-refractivity contribution in [3.63, 3.8) is 0 Å². The van der Waals surface area contributed by atoms with Gasteiger partial charge in [-0.25, -0.2) is 0 Å². The minimum absolute atomic E-state index is 0.289. The van der Waals surface area contributed by atoms with Gasteiger partial charge in [-0.3, -0.25) is 30.3 Å². The zero-order valence-corrected chi connectivity index (χ0v) is 14.0. The number of nitrogens with two attached hydrogens (primary N) is 2. The van der Waals surface area contributed by atoms with Crippen molar-refractivity contribution in [2.24, 2.45) is 0 Å². The molecule has 2 aromatic carbocycles. The van der Waals surface area contributed by atoms with Gasteiger partial charge in [-0.1, -0.05) is 0 Å². The van der Waals surface area contributed by atoms with Crippen molar-refractivity contribution in [3.8, 4) is 0 Å². The Morgan fingerprint density at radius 3 is 1.61 bits per heavy atom. The van der Waals surface area contributed by atoms with Crippen molar-refractivity contribution in [2.75, 3.05) is 11.5 Å². The van der Waals surface area contributed by atoms with E-state index < -0.39 is 49.3 Å². The van der Waals surface area contributed by atoms with E-state index in [1.165, 1.54) is 19.1 Å². The molecule has 0 aliphatic carbocycles. The molecular weight excluding hydrogens is 391 g/mol. The number of nitro groups is 3. The summed E-state index contributed by atoms with van der Waals surface area (Å²) in [7, 11) is 0. The van der Waals surface area contributed by atoms with Crippen molar-refractivity contribution < 1.29 is 27.9 Å². The van der Waals surface area contributed by atoms with E-state index in [4.69, 9.17) is 11.5 Å². The van der Waals surface area contributed by atoms with Crippen LogP contribution in [0.3, 0.4) is 0 Å². The Hall–Kier alpha value is -3.97. The standard InChI is InChI=1S/C7H5F3N2O2.C7H7N3O4/c8-7(9,10)4-1-2-5(11)6(3-4)12(13)14;1-4-2-5(9(11)12)7(8)6(3-4)10(13)14/h1-3H,11H2;2-3H,8H2,1H3. The zero-order chi connectivity index (χ0) is 21.8. The fourth-order valence-corrected chi connectivity index (χ4v) is 1.94. The highest BCUT2D eigenvalue weighted by Gasteiger charge is 2.32. The molecule has 150 valence electrons. The van der Waals surface area contributed by atoms with Crippen molar-refractivity contribution in [1.29, 1.82) is 0 Å². The van der Waals surface area contributed by atoms with E-state index in [9.17, 15) is 43.5 Å². The Bertz CT molecular complexity index is 913. The van der Waals surface area contributed by atoms with Gasteiger partial charge in [-0.05, 0) is 24.6 Å². The summed E-state index contributed by atoms with van der Waals surface area (Å²) >= 11 is 0. The Balaban J connectivity index is 0.000000280. The molecule has 0 aliphatic rings. The monoisotopic (exact) mass is 403 g/mol. The highest BCUT2D eigenvalue weighted by molar-refractivity contribution is 5.71. The number of nitro benzene ring substituents is 3. The molecule has 2 rings (SSSR count). The highest BCUT2D eigenvalue weighted by atomic mass is 19.4. The first-order valence-electron chi connectivity index (χ1n) is 7.05. The largest absolute Gasteiger partial charge is 0.416 e. The lowest BCUT2D eigenvalue weighted by Crippen LogP contribution is -2.06. The van der Waals surface area contributed by atoms with Crippen LogP contribution >= 0.6 is 0 Å². The third-order valence-corrected chi connectivity index (χ3v) is 3.23. The first-order chi connectivity index (χ1) is 12.8. The van der Waals surface area contributed by atoms with Crippen LogP contribution in [0.5, 0.6) is 0 Å². The maximum Gasteiger partial charge on any atom is 0.416 e. The average molecular weight is 403 g/mol. The third-order valence-electron chi connectivity index (χ3n) is 3.23. The van der Waals surface area contributed by atoms with E-state index in [1.807, 2.05) is 0 Å². The lowest BCUT2D eigenvalue weighted by atomic mass is 10.1. The van der Waals surface area contributed by atoms with Crippen molar-refractivity contribution in [1.82, 2.24) is 0 Å². The van der Waals surface area contributed by atoms with Crippen LogP contribution in [0.15, 0.2) is 30.3 Å². The fourth-order valence-electron chi connectivity index (χ4n) is 1.94. The second kappa shape index (κ2) is 8.15. The van der Waals surface area contributed by atoms with Gasteiger partial charge in [-0.2, -0.15) is 13.2 Å². The average Bonchev–Trinajstić information content (AvgIpc) is 2.55. The van der Waals surface area contributed by atoms with Crippen LogP contribution in [0.4, 0.5) is 41.6 Å². The van der Waals surface area contributed by atoms with Crippen LogP contribution in [0.2, 0.25) is 0 Å². The Labute approximate surface area is 153 Å². The number of nitrogens with zero attached hydrogens (tertiary/aromatic N) is 3. The quantitative estimate of drug-likeness (QED) is 0.442. The van der Waals surface area contributed by atoms with Crippen LogP contribution in [-0.2, 0) is 6.18 Å². The predicted octanol–water partition coefficient (Wildman–Crippen LogP) is 3.59. The fraction of sp³-hybridized carbons (Fsp3) is 0.143. The SMILES string of the molecule is Cc1cc([N+](=O)[O-])c(N)c([N+](=O)[O-])c1.Nc1ccc(C(F)(F)F)cc1[N+](=O)[O-]. The number of nitrogen functional groups attached to an aromatic ring is 2. The van der Waals surface area contributed by atoms with E-state index in [0.29, 0.717) is 17.7 Å². The first-order valence-corrected chi connectivity index (χ1v) is 7.05.